The lowest BCUT2D eigenvalue weighted by Gasteiger charge is -2.25. The second-order valence-corrected chi connectivity index (χ2v) is 6.34. The Hall–Kier alpha value is -3.10. The number of nitrogens with one attached hydrogen (secondary N) is 1. The number of carbonyl (C=O) groups excluding carboxylic acids is 2. The molecule has 0 bridgehead atoms. The van der Waals surface area contributed by atoms with Crippen LogP contribution in [0.15, 0.2) is 53.8 Å². The Labute approximate surface area is 165 Å². The standard InChI is InChI=1S/C19H17ClFN3O4/c1-10-15(18(25)11-6-8-12(27-2)9-7-11)17(24(28-10)19(26)23-22)16-13(20)4-3-5-14(16)21/h3-9,17H,22H2,1-2H3,(H,23,26). The molecule has 1 unspecified atom stereocenters. The maximum atomic E-state index is 14.6. The fourth-order valence-corrected chi connectivity index (χ4v) is 3.26. The van der Waals surface area contributed by atoms with E-state index in [0.29, 0.717) is 11.3 Å². The molecule has 1 aliphatic rings. The molecule has 0 aromatic heterocycles. The highest BCUT2D eigenvalue weighted by atomic mass is 35.5. The minimum absolute atomic E-state index is 0.0400. The summed E-state index contributed by atoms with van der Waals surface area (Å²) >= 11 is 6.19. The normalized spacial score (nSPS) is 16.0. The second kappa shape index (κ2) is 7.87. The molecule has 0 spiro atoms. The maximum absolute atomic E-state index is 14.6. The van der Waals surface area contributed by atoms with Crippen LogP contribution in [0.25, 0.3) is 0 Å². The fraction of sp³-hybridized carbons (Fsp3) is 0.158. The summed E-state index contributed by atoms with van der Waals surface area (Å²) in [7, 11) is 1.51. The van der Waals surface area contributed by atoms with Crippen molar-refractivity contribution in [1.82, 2.24) is 10.5 Å². The number of amides is 2. The molecular weight excluding hydrogens is 389 g/mol. The number of nitrogens with two attached hydrogens (primary N) is 1. The van der Waals surface area contributed by atoms with E-state index in [0.717, 1.165) is 5.06 Å². The number of hydrogen-bond acceptors (Lipinski definition) is 5. The molecule has 7 nitrogen and oxygen atoms in total. The Morgan fingerprint density at radius 2 is 1.93 bits per heavy atom. The Bertz CT molecular complexity index is 942. The van der Waals surface area contributed by atoms with Crippen LogP contribution < -0.4 is 16.0 Å². The molecule has 0 aliphatic carbocycles. The molecule has 3 rings (SSSR count). The van der Waals surface area contributed by atoms with Gasteiger partial charge in [-0.3, -0.25) is 10.2 Å². The Morgan fingerprint density at radius 3 is 2.50 bits per heavy atom. The van der Waals surface area contributed by atoms with Crippen molar-refractivity contribution in [3.63, 3.8) is 0 Å². The topological polar surface area (TPSA) is 93.9 Å². The molecule has 3 N–H and O–H groups in total. The van der Waals surface area contributed by atoms with Gasteiger partial charge >= 0.3 is 6.03 Å². The maximum Gasteiger partial charge on any atom is 0.365 e. The number of nitrogens with zero attached hydrogens (tertiary/aromatic N) is 1. The monoisotopic (exact) mass is 405 g/mol. The van der Waals surface area contributed by atoms with Gasteiger partial charge in [0, 0.05) is 16.1 Å². The molecule has 0 saturated heterocycles. The first-order valence-electron chi connectivity index (χ1n) is 8.20. The summed E-state index contributed by atoms with van der Waals surface area (Å²) < 4.78 is 19.7. The van der Waals surface area contributed by atoms with Crippen LogP contribution in [0, 0.1) is 5.82 Å². The number of ether oxygens (including phenoxy) is 1. The lowest BCUT2D eigenvalue weighted by molar-refractivity contribution is -0.0726. The molecule has 2 aromatic carbocycles. The fourth-order valence-electron chi connectivity index (χ4n) is 3.00. The number of methoxy groups -OCH3 is 1. The number of rotatable bonds is 4. The number of carbonyl (C=O) groups is 2. The van der Waals surface area contributed by atoms with E-state index in [1.807, 2.05) is 5.43 Å². The van der Waals surface area contributed by atoms with Crippen molar-refractivity contribution in [3.05, 3.63) is 75.8 Å². The van der Waals surface area contributed by atoms with Crippen molar-refractivity contribution in [2.45, 2.75) is 13.0 Å². The number of hydrogen-bond donors (Lipinski definition) is 2. The molecule has 1 atom stereocenters. The number of urea groups is 1. The third-order valence-corrected chi connectivity index (χ3v) is 4.65. The van der Waals surface area contributed by atoms with Crippen LogP contribution in [0.5, 0.6) is 5.75 Å². The van der Waals surface area contributed by atoms with Crippen LogP contribution >= 0.6 is 11.6 Å². The quantitative estimate of drug-likeness (QED) is 0.351. The average molecular weight is 406 g/mol. The molecule has 0 saturated carbocycles. The van der Waals surface area contributed by atoms with Crippen LogP contribution in [-0.4, -0.2) is 24.0 Å². The van der Waals surface area contributed by atoms with Gasteiger partial charge in [0.1, 0.15) is 23.4 Å². The first kappa shape index (κ1) is 19.7. The number of benzene rings is 2. The van der Waals surface area contributed by atoms with Gasteiger partial charge in [0.05, 0.1) is 12.7 Å². The predicted molar refractivity (Wildman–Crippen MR) is 99.8 cm³/mol. The zero-order valence-electron chi connectivity index (χ0n) is 15.0. The largest absolute Gasteiger partial charge is 0.497 e. The minimum atomic E-state index is -1.22. The Balaban J connectivity index is 2.12. The van der Waals surface area contributed by atoms with Crippen molar-refractivity contribution in [1.29, 1.82) is 0 Å². The molecule has 0 radical (unpaired) electrons. The van der Waals surface area contributed by atoms with E-state index in [-0.39, 0.29) is 21.9 Å². The minimum Gasteiger partial charge on any atom is -0.497 e. The Morgan fingerprint density at radius 1 is 1.25 bits per heavy atom. The van der Waals surface area contributed by atoms with Gasteiger partial charge in [-0.25, -0.2) is 15.0 Å². The third-order valence-electron chi connectivity index (χ3n) is 4.32. The molecule has 146 valence electrons. The van der Waals surface area contributed by atoms with Crippen molar-refractivity contribution < 1.29 is 23.6 Å². The van der Waals surface area contributed by atoms with E-state index >= 15 is 0 Å². The lowest BCUT2D eigenvalue weighted by Crippen LogP contribution is -2.43. The number of ketones is 1. The molecular formula is C19H17ClFN3O4. The summed E-state index contributed by atoms with van der Waals surface area (Å²) in [5, 5.41) is 0.828. The average Bonchev–Trinajstić information content (AvgIpc) is 3.03. The summed E-state index contributed by atoms with van der Waals surface area (Å²) in [6, 6.07) is 8.35. The highest BCUT2D eigenvalue weighted by Crippen LogP contribution is 2.43. The van der Waals surface area contributed by atoms with Crippen LogP contribution in [0.2, 0.25) is 5.02 Å². The number of Topliss-reactive ketones (excluding diaryl/α,β-unsaturated/α-hetero) is 1. The van der Waals surface area contributed by atoms with Gasteiger partial charge < -0.3 is 9.57 Å². The zero-order valence-corrected chi connectivity index (χ0v) is 15.8. The van der Waals surface area contributed by atoms with Crippen molar-refractivity contribution in [2.75, 3.05) is 7.11 Å². The van der Waals surface area contributed by atoms with Gasteiger partial charge in [-0.2, -0.15) is 0 Å². The third kappa shape index (κ3) is 3.39. The summed E-state index contributed by atoms with van der Waals surface area (Å²) in [5.41, 5.74) is 2.24. The predicted octanol–water partition coefficient (Wildman–Crippen LogP) is 3.52. The van der Waals surface area contributed by atoms with E-state index in [9.17, 15) is 14.0 Å². The number of allylic oxidation sites excluding steroid dienone is 1. The van der Waals surface area contributed by atoms with Crippen LogP contribution in [0.1, 0.15) is 28.9 Å². The van der Waals surface area contributed by atoms with Gasteiger partial charge in [0.25, 0.3) is 0 Å². The summed E-state index contributed by atoms with van der Waals surface area (Å²) in [6.45, 7) is 1.50. The van der Waals surface area contributed by atoms with E-state index < -0.39 is 23.7 Å². The summed E-state index contributed by atoms with van der Waals surface area (Å²) in [6.07, 6.45) is 0. The second-order valence-electron chi connectivity index (χ2n) is 5.93. The number of halogens is 2. The smallest absolute Gasteiger partial charge is 0.365 e. The highest BCUT2D eigenvalue weighted by Gasteiger charge is 2.43. The van der Waals surface area contributed by atoms with E-state index in [1.165, 1.54) is 32.2 Å². The van der Waals surface area contributed by atoms with Crippen LogP contribution in [0.3, 0.4) is 0 Å². The first-order valence-corrected chi connectivity index (χ1v) is 8.58. The molecule has 0 fully saturated rings. The van der Waals surface area contributed by atoms with Crippen LogP contribution in [-0.2, 0) is 4.84 Å². The number of hydroxylamine groups is 2. The zero-order chi connectivity index (χ0) is 20.4. The lowest BCUT2D eigenvalue weighted by atomic mass is 9.91. The van der Waals surface area contributed by atoms with Gasteiger partial charge in [0.2, 0.25) is 0 Å². The van der Waals surface area contributed by atoms with E-state index in [2.05, 4.69) is 0 Å². The summed E-state index contributed by atoms with van der Waals surface area (Å²) in [4.78, 5) is 30.8. The van der Waals surface area contributed by atoms with Gasteiger partial charge in [-0.05, 0) is 43.3 Å². The molecule has 1 heterocycles. The number of hydrazine groups is 1. The SMILES string of the molecule is COc1ccc(C(=O)C2=C(C)ON(C(=O)NN)C2c2c(F)cccc2Cl)cc1. The Kier molecular flexibility index (Phi) is 5.53. The van der Waals surface area contributed by atoms with E-state index in [1.54, 1.807) is 24.3 Å². The van der Waals surface area contributed by atoms with Crippen molar-refractivity contribution >= 4 is 23.4 Å². The van der Waals surface area contributed by atoms with Crippen molar-refractivity contribution in [2.24, 2.45) is 5.84 Å². The molecule has 1 aliphatic heterocycles. The molecule has 2 aromatic rings. The van der Waals surface area contributed by atoms with Gasteiger partial charge in [-0.15, -0.1) is 5.06 Å². The first-order chi connectivity index (χ1) is 13.4. The van der Waals surface area contributed by atoms with Gasteiger partial charge in [0.15, 0.2) is 5.78 Å². The molecule has 9 heteroatoms. The molecule has 2 amide bonds. The van der Waals surface area contributed by atoms with Crippen LogP contribution in [0.4, 0.5) is 9.18 Å². The van der Waals surface area contributed by atoms with Crippen molar-refractivity contribution in [3.8, 4) is 5.75 Å². The van der Waals surface area contributed by atoms with Gasteiger partial charge in [-0.1, -0.05) is 17.7 Å². The summed E-state index contributed by atoms with van der Waals surface area (Å²) in [5.74, 6) is 4.78. The molecule has 28 heavy (non-hydrogen) atoms. The van der Waals surface area contributed by atoms with E-state index in [4.69, 9.17) is 27.0 Å². The highest BCUT2D eigenvalue weighted by molar-refractivity contribution is 6.31.